The van der Waals surface area contributed by atoms with Gasteiger partial charge >= 0.3 is 12.1 Å². The summed E-state index contributed by atoms with van der Waals surface area (Å²) in [6.45, 7) is -0.584. The van der Waals surface area contributed by atoms with Gasteiger partial charge in [-0.3, -0.25) is 5.32 Å². The number of hydrogen-bond donors (Lipinski definition) is 6. The van der Waals surface area contributed by atoms with E-state index in [4.69, 9.17) is 19.7 Å². The SMILES string of the molecule is COC(=O)C1OC(OC(=O)Nc2ccc(C=C(CO)CO)cc2)C(O)C(O)C1O. The quantitative estimate of drug-likeness (QED) is 0.304. The third-order valence-electron chi connectivity index (χ3n) is 4.16. The van der Waals surface area contributed by atoms with Crippen LogP contribution in [0.1, 0.15) is 5.56 Å². The number of esters is 1. The van der Waals surface area contributed by atoms with E-state index in [1.807, 2.05) is 0 Å². The van der Waals surface area contributed by atoms with E-state index in [2.05, 4.69) is 10.1 Å². The number of anilines is 1. The minimum atomic E-state index is -1.80. The van der Waals surface area contributed by atoms with Crippen molar-refractivity contribution in [1.29, 1.82) is 0 Å². The lowest BCUT2D eigenvalue weighted by Crippen LogP contribution is -2.61. The molecule has 0 radical (unpaired) electrons. The Hall–Kier alpha value is -2.54. The predicted octanol–water partition coefficient (Wildman–Crippen LogP) is -1.42. The molecule has 2 rings (SSSR count). The molecule has 1 aromatic carbocycles. The van der Waals surface area contributed by atoms with Gasteiger partial charge in [-0.25, -0.2) is 9.59 Å². The molecule has 0 spiro atoms. The highest BCUT2D eigenvalue weighted by Crippen LogP contribution is 2.23. The first kappa shape index (κ1) is 22.7. The van der Waals surface area contributed by atoms with Gasteiger partial charge in [-0.2, -0.15) is 0 Å². The molecule has 0 aromatic heterocycles. The van der Waals surface area contributed by atoms with Crippen molar-refractivity contribution in [1.82, 2.24) is 0 Å². The fourth-order valence-electron chi connectivity index (χ4n) is 2.55. The Labute approximate surface area is 165 Å². The molecule has 1 fully saturated rings. The second-order valence-electron chi connectivity index (χ2n) is 6.19. The van der Waals surface area contributed by atoms with Crippen LogP contribution >= 0.6 is 0 Å². The molecule has 1 aromatic rings. The van der Waals surface area contributed by atoms with Gasteiger partial charge in [-0.1, -0.05) is 18.2 Å². The Morgan fingerprint density at radius 2 is 1.69 bits per heavy atom. The first-order valence-electron chi connectivity index (χ1n) is 8.57. The van der Waals surface area contributed by atoms with Gasteiger partial charge < -0.3 is 39.7 Å². The Bertz CT molecular complexity index is 729. The zero-order valence-electron chi connectivity index (χ0n) is 15.5. The first-order chi connectivity index (χ1) is 13.8. The van der Waals surface area contributed by atoms with E-state index in [0.717, 1.165) is 7.11 Å². The minimum Gasteiger partial charge on any atom is -0.467 e. The summed E-state index contributed by atoms with van der Waals surface area (Å²) in [6, 6.07) is 6.27. The average molecular weight is 413 g/mol. The van der Waals surface area contributed by atoms with Crippen LogP contribution in [0.3, 0.4) is 0 Å². The minimum absolute atomic E-state index is 0.292. The van der Waals surface area contributed by atoms with Gasteiger partial charge in [0.15, 0.2) is 6.10 Å². The number of aliphatic hydroxyl groups excluding tert-OH is 5. The highest BCUT2D eigenvalue weighted by atomic mass is 16.7. The highest BCUT2D eigenvalue weighted by molar-refractivity contribution is 5.85. The molecule has 5 unspecified atom stereocenters. The second kappa shape index (κ2) is 10.3. The summed E-state index contributed by atoms with van der Waals surface area (Å²) < 4.78 is 14.4. The lowest BCUT2D eigenvalue weighted by atomic mass is 9.99. The summed E-state index contributed by atoms with van der Waals surface area (Å²) >= 11 is 0. The predicted molar refractivity (Wildman–Crippen MR) is 97.4 cm³/mol. The molecule has 1 aliphatic rings. The number of methoxy groups -OCH3 is 1. The van der Waals surface area contributed by atoms with Crippen LogP contribution in [0, 0.1) is 0 Å². The van der Waals surface area contributed by atoms with Crippen LogP contribution in [0.15, 0.2) is 29.8 Å². The molecule has 1 amide bonds. The average Bonchev–Trinajstić information content (AvgIpc) is 2.73. The molecule has 11 heteroatoms. The first-order valence-corrected chi connectivity index (χ1v) is 8.57. The molecule has 1 aliphatic heterocycles. The summed E-state index contributed by atoms with van der Waals surface area (Å²) in [4.78, 5) is 23.7. The smallest absolute Gasteiger partial charge is 0.414 e. The van der Waals surface area contributed by atoms with Crippen molar-refractivity contribution in [3.05, 3.63) is 35.4 Å². The van der Waals surface area contributed by atoms with E-state index in [0.29, 0.717) is 16.8 Å². The van der Waals surface area contributed by atoms with Crippen LogP contribution in [-0.4, -0.2) is 88.6 Å². The summed E-state index contributed by atoms with van der Waals surface area (Å²) in [6.07, 6.45) is -8.19. The number of ether oxygens (including phenoxy) is 3. The number of nitrogens with one attached hydrogen (secondary N) is 1. The van der Waals surface area contributed by atoms with Gasteiger partial charge in [0.05, 0.1) is 20.3 Å². The molecule has 6 N–H and O–H groups in total. The third kappa shape index (κ3) is 5.73. The van der Waals surface area contributed by atoms with Crippen LogP contribution in [-0.2, 0) is 19.0 Å². The van der Waals surface area contributed by atoms with E-state index in [1.165, 1.54) is 12.1 Å². The molecule has 1 heterocycles. The number of rotatable bonds is 6. The normalized spacial score (nSPS) is 26.3. The molecule has 5 atom stereocenters. The largest absolute Gasteiger partial charge is 0.467 e. The van der Waals surface area contributed by atoms with E-state index >= 15 is 0 Å². The Balaban J connectivity index is 2.00. The number of aliphatic hydroxyl groups is 5. The Morgan fingerprint density at radius 1 is 1.07 bits per heavy atom. The standard InChI is InChI=1S/C18H23NO10/c1-27-16(25)15-13(23)12(22)14(24)17(28-15)29-18(26)19-11-4-2-9(3-5-11)6-10(7-20)8-21/h2-6,12-15,17,20-24H,7-8H2,1H3,(H,19,26). The fourth-order valence-corrected chi connectivity index (χ4v) is 2.55. The monoisotopic (exact) mass is 413 g/mol. The molecule has 11 nitrogen and oxygen atoms in total. The fraction of sp³-hybridized carbons (Fsp3) is 0.444. The molecule has 160 valence electrons. The van der Waals surface area contributed by atoms with Crippen molar-refractivity contribution in [3.63, 3.8) is 0 Å². The molecular weight excluding hydrogens is 390 g/mol. The topological polar surface area (TPSA) is 175 Å². The third-order valence-corrected chi connectivity index (χ3v) is 4.16. The lowest BCUT2D eigenvalue weighted by Gasteiger charge is -2.38. The summed E-state index contributed by atoms with van der Waals surface area (Å²) in [5.74, 6) is -1.01. The van der Waals surface area contributed by atoms with Crippen LogP contribution in [0.5, 0.6) is 0 Å². The van der Waals surface area contributed by atoms with Crippen LogP contribution in [0.25, 0.3) is 6.08 Å². The molecule has 29 heavy (non-hydrogen) atoms. The van der Waals surface area contributed by atoms with Gasteiger partial charge in [0.2, 0.25) is 6.29 Å². The van der Waals surface area contributed by atoms with Crippen molar-refractivity contribution >= 4 is 23.8 Å². The second-order valence-corrected chi connectivity index (χ2v) is 6.19. The zero-order valence-corrected chi connectivity index (χ0v) is 15.5. The summed E-state index contributed by atoms with van der Waals surface area (Å²) in [7, 11) is 1.04. The maximum atomic E-state index is 12.1. The number of benzene rings is 1. The van der Waals surface area contributed by atoms with E-state index in [9.17, 15) is 24.9 Å². The maximum Gasteiger partial charge on any atom is 0.414 e. The van der Waals surface area contributed by atoms with Crippen molar-refractivity contribution in [2.45, 2.75) is 30.7 Å². The lowest BCUT2D eigenvalue weighted by molar-refractivity contribution is -0.278. The van der Waals surface area contributed by atoms with Gasteiger partial charge in [0, 0.05) is 5.69 Å². The maximum absolute atomic E-state index is 12.1. The van der Waals surface area contributed by atoms with Crippen molar-refractivity contribution in [3.8, 4) is 0 Å². The Morgan fingerprint density at radius 3 is 2.24 bits per heavy atom. The van der Waals surface area contributed by atoms with Crippen molar-refractivity contribution in [2.24, 2.45) is 0 Å². The number of hydrogen-bond acceptors (Lipinski definition) is 10. The van der Waals surface area contributed by atoms with Crippen molar-refractivity contribution in [2.75, 3.05) is 25.6 Å². The van der Waals surface area contributed by atoms with Crippen LogP contribution in [0.4, 0.5) is 10.5 Å². The summed E-state index contributed by atoms with van der Waals surface area (Å²) in [5, 5.41) is 50.0. The molecule has 0 aliphatic carbocycles. The van der Waals surface area contributed by atoms with Crippen molar-refractivity contribution < 1.29 is 49.3 Å². The van der Waals surface area contributed by atoms with Crippen LogP contribution < -0.4 is 5.32 Å². The van der Waals surface area contributed by atoms with Gasteiger partial charge in [-0.05, 0) is 23.3 Å². The van der Waals surface area contributed by atoms with E-state index < -0.39 is 42.8 Å². The molecular formula is C18H23NO10. The van der Waals surface area contributed by atoms with E-state index in [1.54, 1.807) is 18.2 Å². The number of amides is 1. The zero-order chi connectivity index (χ0) is 21.6. The molecule has 0 saturated carbocycles. The van der Waals surface area contributed by atoms with Gasteiger partial charge in [-0.15, -0.1) is 0 Å². The van der Waals surface area contributed by atoms with E-state index in [-0.39, 0.29) is 13.2 Å². The van der Waals surface area contributed by atoms with Gasteiger partial charge in [0.1, 0.15) is 18.3 Å². The van der Waals surface area contributed by atoms with Crippen LogP contribution in [0.2, 0.25) is 0 Å². The highest BCUT2D eigenvalue weighted by Gasteiger charge is 2.49. The number of carbonyl (C=O) groups excluding carboxylic acids is 2. The molecule has 1 saturated heterocycles. The molecule has 0 bridgehead atoms. The van der Waals surface area contributed by atoms with Gasteiger partial charge in [0.25, 0.3) is 0 Å². The Kier molecular flexibility index (Phi) is 8.08. The number of carbonyl (C=O) groups is 2. The summed E-state index contributed by atoms with van der Waals surface area (Å²) in [5.41, 5.74) is 1.40.